The smallest absolute Gasteiger partial charge is 0.246 e. The van der Waals surface area contributed by atoms with E-state index in [1.807, 2.05) is 18.7 Å². The highest BCUT2D eigenvalue weighted by Gasteiger charge is 2.31. The van der Waals surface area contributed by atoms with Crippen molar-refractivity contribution in [3.8, 4) is 0 Å². The van der Waals surface area contributed by atoms with Crippen molar-refractivity contribution in [3.05, 3.63) is 30.1 Å². The lowest BCUT2D eigenvalue weighted by atomic mass is 10.3. The SMILES string of the molecule is CC(C)NC(=S)N1CCN(S(=O)(=O)c2ccccc2F)CC1. The van der Waals surface area contributed by atoms with Crippen LogP contribution in [0.2, 0.25) is 0 Å². The highest BCUT2D eigenvalue weighted by atomic mass is 32.2. The summed E-state index contributed by atoms with van der Waals surface area (Å²) < 4.78 is 40.0. The first-order valence-electron chi connectivity index (χ1n) is 7.12. The van der Waals surface area contributed by atoms with Crippen molar-refractivity contribution in [1.29, 1.82) is 0 Å². The van der Waals surface area contributed by atoms with E-state index in [2.05, 4.69) is 5.32 Å². The van der Waals surface area contributed by atoms with Crippen LogP contribution in [0.3, 0.4) is 0 Å². The van der Waals surface area contributed by atoms with E-state index >= 15 is 0 Å². The molecule has 0 atom stereocenters. The van der Waals surface area contributed by atoms with Gasteiger partial charge in [-0.25, -0.2) is 12.8 Å². The van der Waals surface area contributed by atoms with Crippen LogP contribution in [0, 0.1) is 5.82 Å². The van der Waals surface area contributed by atoms with E-state index in [0.717, 1.165) is 6.07 Å². The molecule has 2 rings (SSSR count). The van der Waals surface area contributed by atoms with Gasteiger partial charge < -0.3 is 10.2 Å². The largest absolute Gasteiger partial charge is 0.360 e. The molecular weight excluding hydrogens is 325 g/mol. The fourth-order valence-electron chi connectivity index (χ4n) is 2.26. The van der Waals surface area contributed by atoms with Crippen LogP contribution in [0.1, 0.15) is 13.8 Å². The highest BCUT2D eigenvalue weighted by molar-refractivity contribution is 7.89. The summed E-state index contributed by atoms with van der Waals surface area (Å²) in [4.78, 5) is 1.66. The molecular formula is C14H20FN3O2S2. The molecule has 1 aliphatic heterocycles. The molecule has 1 fully saturated rings. The average molecular weight is 345 g/mol. The number of hydrogen-bond acceptors (Lipinski definition) is 3. The normalized spacial score (nSPS) is 16.8. The van der Waals surface area contributed by atoms with E-state index in [0.29, 0.717) is 18.2 Å². The van der Waals surface area contributed by atoms with Gasteiger partial charge in [0.2, 0.25) is 10.0 Å². The van der Waals surface area contributed by atoms with E-state index in [-0.39, 0.29) is 24.0 Å². The van der Waals surface area contributed by atoms with Gasteiger partial charge in [-0.05, 0) is 38.2 Å². The lowest BCUT2D eigenvalue weighted by molar-refractivity contribution is 0.262. The zero-order valence-corrected chi connectivity index (χ0v) is 14.3. The van der Waals surface area contributed by atoms with Crippen molar-refractivity contribution in [2.24, 2.45) is 0 Å². The van der Waals surface area contributed by atoms with Gasteiger partial charge in [-0.15, -0.1) is 0 Å². The molecule has 5 nitrogen and oxygen atoms in total. The van der Waals surface area contributed by atoms with Gasteiger partial charge in [-0.1, -0.05) is 12.1 Å². The molecule has 0 aliphatic carbocycles. The molecule has 0 unspecified atom stereocenters. The Kier molecular flexibility index (Phi) is 5.36. The summed E-state index contributed by atoms with van der Waals surface area (Å²) in [5.41, 5.74) is 0. The quantitative estimate of drug-likeness (QED) is 0.840. The molecule has 1 heterocycles. The number of nitrogens with zero attached hydrogens (tertiary/aromatic N) is 2. The van der Waals surface area contributed by atoms with Crippen molar-refractivity contribution in [3.63, 3.8) is 0 Å². The summed E-state index contributed by atoms with van der Waals surface area (Å²) in [5.74, 6) is -0.720. The van der Waals surface area contributed by atoms with Gasteiger partial charge in [-0.3, -0.25) is 0 Å². The first-order chi connectivity index (χ1) is 10.3. The molecule has 0 aromatic heterocycles. The van der Waals surface area contributed by atoms with Crippen molar-refractivity contribution >= 4 is 27.4 Å². The lowest BCUT2D eigenvalue weighted by Crippen LogP contribution is -2.53. The third-order valence-corrected chi connectivity index (χ3v) is 5.70. The van der Waals surface area contributed by atoms with Crippen LogP contribution in [-0.4, -0.2) is 55.0 Å². The maximum Gasteiger partial charge on any atom is 0.246 e. The first-order valence-corrected chi connectivity index (χ1v) is 8.97. The molecule has 1 saturated heterocycles. The zero-order valence-electron chi connectivity index (χ0n) is 12.6. The summed E-state index contributed by atoms with van der Waals surface area (Å²) in [7, 11) is -3.80. The van der Waals surface area contributed by atoms with Crippen molar-refractivity contribution in [2.75, 3.05) is 26.2 Å². The molecule has 22 heavy (non-hydrogen) atoms. The minimum Gasteiger partial charge on any atom is -0.360 e. The topological polar surface area (TPSA) is 52.6 Å². The molecule has 0 saturated carbocycles. The predicted octanol–water partition coefficient (Wildman–Crippen LogP) is 1.41. The van der Waals surface area contributed by atoms with Crippen LogP contribution >= 0.6 is 12.2 Å². The Morgan fingerprint density at radius 1 is 1.23 bits per heavy atom. The number of hydrogen-bond donors (Lipinski definition) is 1. The summed E-state index contributed by atoms with van der Waals surface area (Å²) in [6.45, 7) is 5.54. The van der Waals surface area contributed by atoms with Gasteiger partial charge in [0.25, 0.3) is 0 Å². The van der Waals surface area contributed by atoms with Crippen molar-refractivity contribution in [1.82, 2.24) is 14.5 Å². The molecule has 0 spiro atoms. The zero-order chi connectivity index (χ0) is 16.3. The van der Waals surface area contributed by atoms with Crippen LogP contribution < -0.4 is 5.32 Å². The lowest BCUT2D eigenvalue weighted by Gasteiger charge is -2.36. The Labute approximate surface area is 136 Å². The standard InChI is InChI=1S/C14H20FN3O2S2/c1-11(2)16-14(21)17-7-9-18(10-8-17)22(19,20)13-6-4-3-5-12(13)15/h3-6,11H,7-10H2,1-2H3,(H,16,21). The Morgan fingerprint density at radius 2 is 1.82 bits per heavy atom. The number of nitrogens with one attached hydrogen (secondary N) is 1. The second kappa shape index (κ2) is 6.89. The molecule has 1 aliphatic rings. The molecule has 1 N–H and O–H groups in total. The van der Waals surface area contributed by atoms with Crippen LogP contribution in [0.25, 0.3) is 0 Å². The van der Waals surface area contributed by atoms with E-state index in [9.17, 15) is 12.8 Å². The molecule has 1 aromatic rings. The second-order valence-corrected chi connectivity index (χ2v) is 7.72. The minimum atomic E-state index is -3.80. The summed E-state index contributed by atoms with van der Waals surface area (Å²) in [5, 5.41) is 3.76. The molecule has 0 radical (unpaired) electrons. The number of halogens is 1. The highest BCUT2D eigenvalue weighted by Crippen LogP contribution is 2.20. The van der Waals surface area contributed by atoms with E-state index in [4.69, 9.17) is 12.2 Å². The van der Waals surface area contributed by atoms with Gasteiger partial charge in [0, 0.05) is 32.2 Å². The molecule has 8 heteroatoms. The number of sulfonamides is 1. The van der Waals surface area contributed by atoms with Gasteiger partial charge in [0.05, 0.1) is 0 Å². The van der Waals surface area contributed by atoms with Gasteiger partial charge in [0.15, 0.2) is 5.11 Å². The Hall–Kier alpha value is -1.25. The number of thiocarbonyl (C=S) groups is 1. The summed E-state index contributed by atoms with van der Waals surface area (Å²) >= 11 is 5.28. The fourth-order valence-corrected chi connectivity index (χ4v) is 4.17. The number of benzene rings is 1. The first kappa shape index (κ1) is 17.1. The maximum atomic E-state index is 13.7. The van der Waals surface area contributed by atoms with Gasteiger partial charge in [-0.2, -0.15) is 4.31 Å². The summed E-state index contributed by atoms with van der Waals surface area (Å²) in [6, 6.07) is 5.68. The monoisotopic (exact) mass is 345 g/mol. The Bertz CT molecular complexity index is 641. The van der Waals surface area contributed by atoms with Crippen LogP contribution in [0.5, 0.6) is 0 Å². The van der Waals surface area contributed by atoms with E-state index in [1.54, 1.807) is 0 Å². The average Bonchev–Trinajstić information content (AvgIpc) is 2.47. The van der Waals surface area contributed by atoms with Crippen LogP contribution in [-0.2, 0) is 10.0 Å². The second-order valence-electron chi connectivity index (χ2n) is 5.43. The maximum absolute atomic E-state index is 13.7. The minimum absolute atomic E-state index is 0.229. The molecule has 0 amide bonds. The van der Waals surface area contributed by atoms with E-state index < -0.39 is 15.8 Å². The van der Waals surface area contributed by atoms with Crippen LogP contribution in [0.15, 0.2) is 29.2 Å². The summed E-state index contributed by atoms with van der Waals surface area (Å²) in [6.07, 6.45) is 0. The Balaban J connectivity index is 2.05. The van der Waals surface area contributed by atoms with Crippen molar-refractivity contribution < 1.29 is 12.8 Å². The third kappa shape index (κ3) is 3.74. The molecule has 0 bridgehead atoms. The number of rotatable bonds is 3. The van der Waals surface area contributed by atoms with Gasteiger partial charge >= 0.3 is 0 Å². The fraction of sp³-hybridized carbons (Fsp3) is 0.500. The van der Waals surface area contributed by atoms with Gasteiger partial charge in [0.1, 0.15) is 10.7 Å². The third-order valence-electron chi connectivity index (χ3n) is 3.39. The molecule has 122 valence electrons. The molecule has 1 aromatic carbocycles. The van der Waals surface area contributed by atoms with Crippen LogP contribution in [0.4, 0.5) is 4.39 Å². The predicted molar refractivity (Wildman–Crippen MR) is 87.6 cm³/mol. The number of piperazine rings is 1. The van der Waals surface area contributed by atoms with E-state index in [1.165, 1.54) is 22.5 Å². The Morgan fingerprint density at radius 3 is 2.36 bits per heavy atom. The van der Waals surface area contributed by atoms with Crippen molar-refractivity contribution in [2.45, 2.75) is 24.8 Å².